The summed E-state index contributed by atoms with van der Waals surface area (Å²) in [5.74, 6) is 1.68. The van der Waals surface area contributed by atoms with Gasteiger partial charge in [0.1, 0.15) is 0 Å². The Kier molecular flexibility index (Phi) is 3.08. The van der Waals surface area contributed by atoms with E-state index in [0.717, 1.165) is 50.3 Å². The van der Waals surface area contributed by atoms with Gasteiger partial charge in [-0.25, -0.2) is 0 Å². The van der Waals surface area contributed by atoms with Crippen molar-refractivity contribution >= 4 is 0 Å². The van der Waals surface area contributed by atoms with Crippen LogP contribution >= 0.6 is 0 Å². The lowest BCUT2D eigenvalue weighted by Crippen LogP contribution is -2.48. The van der Waals surface area contributed by atoms with Crippen molar-refractivity contribution in [2.45, 2.75) is 31.2 Å². The first kappa shape index (κ1) is 13.9. The van der Waals surface area contributed by atoms with Gasteiger partial charge in [-0.2, -0.15) is 0 Å². The van der Waals surface area contributed by atoms with E-state index in [9.17, 15) is 0 Å². The van der Waals surface area contributed by atoms with Gasteiger partial charge in [0.2, 0.25) is 0 Å². The zero-order valence-electron chi connectivity index (χ0n) is 13.4. The number of hydrogen-bond acceptors (Lipinski definition) is 3. The number of ether oxygens (including phenoxy) is 2. The van der Waals surface area contributed by atoms with Crippen molar-refractivity contribution in [2.24, 2.45) is 0 Å². The fourth-order valence-corrected chi connectivity index (χ4v) is 4.58. The van der Waals surface area contributed by atoms with Gasteiger partial charge in [0.25, 0.3) is 0 Å². The molecule has 22 heavy (non-hydrogen) atoms. The minimum atomic E-state index is 0.0777. The highest BCUT2D eigenvalue weighted by Crippen LogP contribution is 2.54. The standard InChI is InChI=1S/C19H23NO2/c1-13-4-7-19-15(10-13)6-9-20(19)8-5-14-11-17(21-2)18(22-3)12-16(14)19/h10-12H,1,4-9H2,2-3H3. The smallest absolute Gasteiger partial charge is 0.161 e. The Hall–Kier alpha value is -1.74. The summed E-state index contributed by atoms with van der Waals surface area (Å²) in [5, 5.41) is 0. The van der Waals surface area contributed by atoms with Crippen LogP contribution in [0.15, 0.2) is 35.9 Å². The van der Waals surface area contributed by atoms with Gasteiger partial charge in [-0.1, -0.05) is 18.2 Å². The first-order valence-electron chi connectivity index (χ1n) is 8.08. The maximum Gasteiger partial charge on any atom is 0.161 e. The van der Waals surface area contributed by atoms with E-state index in [1.165, 1.54) is 22.3 Å². The average Bonchev–Trinajstić information content (AvgIpc) is 2.92. The Morgan fingerprint density at radius 3 is 2.55 bits per heavy atom. The first-order chi connectivity index (χ1) is 10.7. The van der Waals surface area contributed by atoms with E-state index >= 15 is 0 Å². The van der Waals surface area contributed by atoms with Crippen LogP contribution in [0.4, 0.5) is 0 Å². The van der Waals surface area contributed by atoms with Crippen LogP contribution in [-0.4, -0.2) is 32.2 Å². The lowest BCUT2D eigenvalue weighted by atomic mass is 9.71. The average molecular weight is 297 g/mol. The molecule has 3 heteroatoms. The van der Waals surface area contributed by atoms with Crippen LogP contribution in [-0.2, 0) is 12.0 Å². The van der Waals surface area contributed by atoms with E-state index in [0.29, 0.717) is 0 Å². The van der Waals surface area contributed by atoms with Crippen LogP contribution in [0.25, 0.3) is 0 Å². The lowest BCUT2D eigenvalue weighted by molar-refractivity contribution is 0.136. The molecule has 0 saturated carbocycles. The Morgan fingerprint density at radius 1 is 1.05 bits per heavy atom. The molecule has 2 aliphatic heterocycles. The van der Waals surface area contributed by atoms with Gasteiger partial charge < -0.3 is 9.47 Å². The molecule has 116 valence electrons. The van der Waals surface area contributed by atoms with Crippen LogP contribution < -0.4 is 9.47 Å². The maximum atomic E-state index is 5.57. The molecule has 1 aromatic rings. The van der Waals surface area contributed by atoms with Crippen molar-refractivity contribution in [3.05, 3.63) is 47.1 Å². The van der Waals surface area contributed by atoms with Crippen LogP contribution in [0.3, 0.4) is 0 Å². The molecule has 0 radical (unpaired) electrons. The molecular formula is C19H23NO2. The number of hydrogen-bond donors (Lipinski definition) is 0. The fourth-order valence-electron chi connectivity index (χ4n) is 4.58. The number of nitrogens with zero attached hydrogens (tertiary/aromatic N) is 1. The molecule has 0 bridgehead atoms. The van der Waals surface area contributed by atoms with Gasteiger partial charge in [0, 0.05) is 13.1 Å². The monoisotopic (exact) mass is 297 g/mol. The summed E-state index contributed by atoms with van der Waals surface area (Å²) in [6.45, 7) is 6.48. The quantitative estimate of drug-likeness (QED) is 0.834. The molecule has 2 heterocycles. The summed E-state index contributed by atoms with van der Waals surface area (Å²) in [6, 6.07) is 4.40. The first-order valence-corrected chi connectivity index (χ1v) is 8.08. The van der Waals surface area contributed by atoms with Gasteiger partial charge in [-0.3, -0.25) is 4.90 Å². The van der Waals surface area contributed by atoms with E-state index in [-0.39, 0.29) is 5.54 Å². The Morgan fingerprint density at radius 2 is 1.77 bits per heavy atom. The third kappa shape index (κ3) is 1.72. The lowest BCUT2D eigenvalue weighted by Gasteiger charge is -2.47. The summed E-state index contributed by atoms with van der Waals surface area (Å²) >= 11 is 0. The Labute approximate surface area is 132 Å². The number of methoxy groups -OCH3 is 2. The number of rotatable bonds is 2. The topological polar surface area (TPSA) is 21.7 Å². The highest BCUT2D eigenvalue weighted by molar-refractivity contribution is 5.56. The zero-order valence-corrected chi connectivity index (χ0v) is 13.4. The molecule has 1 aliphatic carbocycles. The van der Waals surface area contributed by atoms with Crippen molar-refractivity contribution in [1.82, 2.24) is 4.90 Å². The highest BCUT2D eigenvalue weighted by atomic mass is 16.5. The molecule has 3 aliphatic rings. The second-order valence-electron chi connectivity index (χ2n) is 6.54. The van der Waals surface area contributed by atoms with Crippen LogP contribution in [0.5, 0.6) is 11.5 Å². The minimum absolute atomic E-state index is 0.0777. The largest absolute Gasteiger partial charge is 0.493 e. The van der Waals surface area contributed by atoms with Crippen LogP contribution in [0.2, 0.25) is 0 Å². The second kappa shape index (κ2) is 4.88. The third-order valence-corrected chi connectivity index (χ3v) is 5.61. The molecular weight excluding hydrogens is 274 g/mol. The third-order valence-electron chi connectivity index (χ3n) is 5.61. The molecule has 1 saturated heterocycles. The van der Waals surface area contributed by atoms with Crippen LogP contribution in [0, 0.1) is 0 Å². The van der Waals surface area contributed by atoms with Crippen molar-refractivity contribution in [2.75, 3.05) is 27.3 Å². The van der Waals surface area contributed by atoms with Gasteiger partial charge >= 0.3 is 0 Å². The summed E-state index contributed by atoms with van der Waals surface area (Å²) in [4.78, 5) is 2.67. The van der Waals surface area contributed by atoms with Gasteiger partial charge in [0.05, 0.1) is 19.8 Å². The maximum absolute atomic E-state index is 5.57. The van der Waals surface area contributed by atoms with Gasteiger partial charge in [-0.05, 0) is 54.5 Å². The van der Waals surface area contributed by atoms with Gasteiger partial charge in [0.15, 0.2) is 11.5 Å². The van der Waals surface area contributed by atoms with E-state index < -0.39 is 0 Å². The normalized spacial score (nSPS) is 26.8. The summed E-state index contributed by atoms with van der Waals surface area (Å²) in [7, 11) is 3.43. The molecule has 1 atom stereocenters. The van der Waals surface area contributed by atoms with E-state index in [1.54, 1.807) is 14.2 Å². The molecule has 3 nitrogen and oxygen atoms in total. The van der Waals surface area contributed by atoms with E-state index in [1.807, 2.05) is 0 Å². The highest BCUT2D eigenvalue weighted by Gasteiger charge is 2.50. The number of fused-ring (bicyclic) bond motifs is 1. The molecule has 1 aromatic carbocycles. The molecule has 0 aromatic heterocycles. The Bertz CT molecular complexity index is 676. The SMILES string of the molecule is C=C1C=C2CCN3CCc4cc(OC)c(OC)cc4C23CC1. The predicted octanol–water partition coefficient (Wildman–Crippen LogP) is 3.44. The zero-order chi connectivity index (χ0) is 15.3. The molecule has 1 fully saturated rings. The van der Waals surface area contributed by atoms with Crippen molar-refractivity contribution < 1.29 is 9.47 Å². The van der Waals surface area contributed by atoms with Gasteiger partial charge in [-0.15, -0.1) is 0 Å². The van der Waals surface area contributed by atoms with Crippen molar-refractivity contribution in [1.29, 1.82) is 0 Å². The molecule has 1 unspecified atom stereocenters. The van der Waals surface area contributed by atoms with Crippen molar-refractivity contribution in [3.8, 4) is 11.5 Å². The molecule has 0 amide bonds. The molecule has 1 spiro atoms. The summed E-state index contributed by atoms with van der Waals surface area (Å²) in [5.41, 5.74) is 5.72. The molecule has 4 rings (SSSR count). The number of benzene rings is 1. The van der Waals surface area contributed by atoms with E-state index in [4.69, 9.17) is 9.47 Å². The van der Waals surface area contributed by atoms with Crippen LogP contribution in [0.1, 0.15) is 30.4 Å². The van der Waals surface area contributed by atoms with E-state index in [2.05, 4.69) is 29.7 Å². The van der Waals surface area contributed by atoms with Crippen molar-refractivity contribution in [3.63, 3.8) is 0 Å². The minimum Gasteiger partial charge on any atom is -0.493 e. The number of allylic oxidation sites excluding steroid dienone is 2. The summed E-state index contributed by atoms with van der Waals surface area (Å²) in [6.07, 6.45) is 6.81. The Balaban J connectivity index is 1.94. The second-order valence-corrected chi connectivity index (χ2v) is 6.54. The fraction of sp³-hybridized carbons (Fsp3) is 0.474. The summed E-state index contributed by atoms with van der Waals surface area (Å²) < 4.78 is 11.1. The predicted molar refractivity (Wildman–Crippen MR) is 87.6 cm³/mol. The molecule has 0 N–H and O–H groups in total.